The van der Waals surface area contributed by atoms with Gasteiger partial charge in [-0.1, -0.05) is 69.3 Å². The fourth-order valence-electron chi connectivity index (χ4n) is 5.60. The largest absolute Gasteiger partial charge is 0.436 e. The number of nitrogens with zero attached hydrogens (tertiary/aromatic N) is 3. The van der Waals surface area contributed by atoms with Crippen molar-refractivity contribution in [1.82, 2.24) is 9.55 Å². The van der Waals surface area contributed by atoms with Crippen LogP contribution in [0.2, 0.25) is 0 Å². The zero-order chi connectivity index (χ0) is 26.8. The summed E-state index contributed by atoms with van der Waals surface area (Å²) in [5, 5.41) is 0. The molecule has 0 spiro atoms. The molecule has 0 saturated carbocycles. The highest BCUT2D eigenvalue weighted by Crippen LogP contribution is 2.37. The van der Waals surface area contributed by atoms with Crippen molar-refractivity contribution in [3.63, 3.8) is 0 Å². The second-order valence-corrected chi connectivity index (χ2v) is 11.4. The number of hydrogen-bond donors (Lipinski definition) is 0. The number of benzene rings is 4. The van der Waals surface area contributed by atoms with Gasteiger partial charge in [0.1, 0.15) is 11.2 Å². The summed E-state index contributed by atoms with van der Waals surface area (Å²) >= 11 is 0. The highest BCUT2D eigenvalue weighted by molar-refractivity contribution is 5.94. The molecular weight excluding hydrogens is 466 g/mol. The minimum atomic E-state index is 0.0950. The van der Waals surface area contributed by atoms with E-state index >= 15 is 0 Å². The molecular formula is C34H34N3O+. The van der Waals surface area contributed by atoms with Crippen molar-refractivity contribution in [3.05, 3.63) is 101 Å². The number of rotatable bonds is 3. The molecule has 0 aliphatic heterocycles. The molecule has 0 atom stereocenters. The Morgan fingerprint density at radius 1 is 0.737 bits per heavy atom. The third kappa shape index (κ3) is 3.75. The quantitative estimate of drug-likeness (QED) is 0.230. The predicted octanol–water partition coefficient (Wildman–Crippen LogP) is 8.15. The van der Waals surface area contributed by atoms with E-state index in [1.165, 1.54) is 5.56 Å². The molecule has 0 aliphatic carbocycles. The Hall–Kier alpha value is -4.18. The van der Waals surface area contributed by atoms with Gasteiger partial charge in [-0.05, 0) is 78.8 Å². The molecule has 0 aliphatic rings. The van der Waals surface area contributed by atoms with Gasteiger partial charge < -0.3 is 4.42 Å². The molecule has 6 rings (SSSR count). The van der Waals surface area contributed by atoms with Gasteiger partial charge in [-0.2, -0.15) is 4.57 Å². The van der Waals surface area contributed by atoms with Crippen molar-refractivity contribution in [2.45, 2.75) is 47.0 Å². The third-order valence-electron chi connectivity index (χ3n) is 7.69. The Morgan fingerprint density at radius 2 is 1.39 bits per heavy atom. The van der Waals surface area contributed by atoms with Crippen LogP contribution in [-0.4, -0.2) is 9.55 Å². The molecule has 4 heteroatoms. The molecule has 2 aromatic heterocycles. The molecule has 4 aromatic carbocycles. The van der Waals surface area contributed by atoms with E-state index in [1.807, 2.05) is 6.07 Å². The molecule has 0 unspecified atom stereocenters. The number of imidazole rings is 1. The normalized spacial score (nSPS) is 12.1. The van der Waals surface area contributed by atoms with Gasteiger partial charge in [-0.15, -0.1) is 0 Å². The Balaban J connectivity index is 1.66. The standard InChI is InChI=1S/C34H34N3O/c1-21-11-10-12-22(2)29(21)32-35-31-28(38-32)20-15-23(3)30(31)33-36(7)26-13-8-9-14-27(26)37(33)25-18-16-24(17-19-25)34(4,5)6/h8-20H,1-7H3/q+1. The maximum Gasteiger partial charge on any atom is 0.297 e. The molecule has 38 heavy (non-hydrogen) atoms. The van der Waals surface area contributed by atoms with Gasteiger partial charge in [0.15, 0.2) is 16.6 Å². The minimum Gasteiger partial charge on any atom is -0.436 e. The maximum absolute atomic E-state index is 6.42. The Bertz CT molecular complexity index is 1810. The minimum absolute atomic E-state index is 0.0950. The molecule has 0 radical (unpaired) electrons. The molecule has 190 valence electrons. The summed E-state index contributed by atoms with van der Waals surface area (Å²) in [5.41, 5.74) is 12.2. The number of aromatic nitrogens is 3. The Morgan fingerprint density at radius 3 is 2.08 bits per heavy atom. The van der Waals surface area contributed by atoms with Crippen molar-refractivity contribution >= 4 is 22.1 Å². The van der Waals surface area contributed by atoms with Crippen LogP contribution in [0, 0.1) is 20.8 Å². The predicted molar refractivity (Wildman–Crippen MR) is 156 cm³/mol. The average molecular weight is 501 g/mol. The van der Waals surface area contributed by atoms with Crippen LogP contribution >= 0.6 is 0 Å². The number of oxazole rings is 1. The lowest BCUT2D eigenvalue weighted by Gasteiger charge is -2.18. The first-order valence-electron chi connectivity index (χ1n) is 13.2. The van der Waals surface area contributed by atoms with E-state index in [0.717, 1.165) is 61.5 Å². The summed E-state index contributed by atoms with van der Waals surface area (Å²) in [6.07, 6.45) is 0. The lowest BCUT2D eigenvalue weighted by molar-refractivity contribution is -0.633. The van der Waals surface area contributed by atoms with Crippen molar-refractivity contribution in [2.75, 3.05) is 0 Å². The van der Waals surface area contributed by atoms with E-state index in [9.17, 15) is 0 Å². The molecule has 0 bridgehead atoms. The van der Waals surface area contributed by atoms with Crippen LogP contribution in [0.25, 0.3) is 50.7 Å². The fourth-order valence-corrected chi connectivity index (χ4v) is 5.60. The Kier molecular flexibility index (Phi) is 5.53. The van der Waals surface area contributed by atoms with Gasteiger partial charge in [0.2, 0.25) is 5.89 Å². The van der Waals surface area contributed by atoms with Crippen LogP contribution in [-0.2, 0) is 12.5 Å². The third-order valence-corrected chi connectivity index (χ3v) is 7.69. The van der Waals surface area contributed by atoms with Crippen LogP contribution in [0.5, 0.6) is 0 Å². The van der Waals surface area contributed by atoms with Crippen LogP contribution in [0.3, 0.4) is 0 Å². The van der Waals surface area contributed by atoms with Crippen molar-refractivity contribution < 1.29 is 8.98 Å². The van der Waals surface area contributed by atoms with Crippen molar-refractivity contribution in [2.24, 2.45) is 7.05 Å². The van der Waals surface area contributed by atoms with E-state index in [2.05, 4.69) is 131 Å². The highest BCUT2D eigenvalue weighted by Gasteiger charge is 2.30. The van der Waals surface area contributed by atoms with E-state index in [0.29, 0.717) is 5.89 Å². The van der Waals surface area contributed by atoms with E-state index in [4.69, 9.17) is 9.40 Å². The van der Waals surface area contributed by atoms with Crippen molar-refractivity contribution in [3.8, 4) is 28.5 Å². The summed E-state index contributed by atoms with van der Waals surface area (Å²) in [7, 11) is 2.14. The first kappa shape index (κ1) is 24.2. The van der Waals surface area contributed by atoms with E-state index in [1.54, 1.807) is 0 Å². The summed E-state index contributed by atoms with van der Waals surface area (Å²) in [5.74, 6) is 1.75. The van der Waals surface area contributed by atoms with Crippen LogP contribution in [0.15, 0.2) is 83.3 Å². The number of hydrogen-bond acceptors (Lipinski definition) is 2. The topological polar surface area (TPSA) is 34.8 Å². The first-order valence-corrected chi connectivity index (χ1v) is 13.2. The van der Waals surface area contributed by atoms with Crippen LogP contribution < -0.4 is 4.57 Å². The van der Waals surface area contributed by atoms with Gasteiger partial charge >= 0.3 is 0 Å². The molecule has 0 N–H and O–H groups in total. The van der Waals surface area contributed by atoms with Crippen LogP contribution in [0.4, 0.5) is 0 Å². The summed E-state index contributed by atoms with van der Waals surface area (Å²) < 4.78 is 11.1. The SMILES string of the molecule is Cc1cccc(C)c1-c1nc2c(-c3n(-c4ccc(C(C)(C)C)cc4)c4ccccc4[n+]3C)c(C)ccc2o1. The highest BCUT2D eigenvalue weighted by atomic mass is 16.3. The molecule has 4 nitrogen and oxygen atoms in total. The summed E-state index contributed by atoms with van der Waals surface area (Å²) in [6, 6.07) is 28.0. The summed E-state index contributed by atoms with van der Waals surface area (Å²) in [6.45, 7) is 13.1. The number of fused-ring (bicyclic) bond motifs is 2. The van der Waals surface area contributed by atoms with E-state index in [-0.39, 0.29) is 5.41 Å². The van der Waals surface area contributed by atoms with Gasteiger partial charge in [0, 0.05) is 5.56 Å². The fraction of sp³-hybridized carbons (Fsp3) is 0.235. The van der Waals surface area contributed by atoms with Gasteiger partial charge in [-0.3, -0.25) is 0 Å². The summed E-state index contributed by atoms with van der Waals surface area (Å²) in [4.78, 5) is 5.14. The molecule has 6 aromatic rings. The monoisotopic (exact) mass is 500 g/mol. The lowest BCUT2D eigenvalue weighted by atomic mass is 9.87. The maximum atomic E-state index is 6.42. The first-order chi connectivity index (χ1) is 18.1. The van der Waals surface area contributed by atoms with Gasteiger partial charge in [-0.25, -0.2) is 9.55 Å². The van der Waals surface area contributed by atoms with E-state index < -0.39 is 0 Å². The molecule has 0 saturated heterocycles. The smallest absolute Gasteiger partial charge is 0.297 e. The molecule has 0 fully saturated rings. The second kappa shape index (κ2) is 8.70. The second-order valence-electron chi connectivity index (χ2n) is 11.4. The number of aryl methyl sites for hydroxylation is 4. The van der Waals surface area contributed by atoms with Gasteiger partial charge in [0.25, 0.3) is 5.82 Å². The van der Waals surface area contributed by atoms with Crippen LogP contribution in [0.1, 0.15) is 43.0 Å². The Labute approximate surface area is 224 Å². The zero-order valence-electron chi connectivity index (χ0n) is 23.3. The van der Waals surface area contributed by atoms with Gasteiger partial charge in [0.05, 0.1) is 12.6 Å². The number of para-hydroxylation sites is 2. The average Bonchev–Trinajstić information content (AvgIpc) is 3.43. The zero-order valence-corrected chi connectivity index (χ0v) is 23.3. The van der Waals surface area contributed by atoms with Crippen molar-refractivity contribution in [1.29, 1.82) is 0 Å². The molecule has 0 amide bonds. The lowest BCUT2D eigenvalue weighted by Crippen LogP contribution is -2.30. The molecule has 2 heterocycles.